The van der Waals surface area contributed by atoms with E-state index in [9.17, 15) is 13.6 Å². The van der Waals surface area contributed by atoms with Crippen molar-refractivity contribution in [3.63, 3.8) is 0 Å². The minimum Gasteiger partial charge on any atom is -0.493 e. The first kappa shape index (κ1) is 15.9. The minimum atomic E-state index is -2.91. The fourth-order valence-corrected chi connectivity index (χ4v) is 1.49. The molecule has 20 heavy (non-hydrogen) atoms. The molecule has 6 heteroatoms. The Hall–Kier alpha value is -2.11. The van der Waals surface area contributed by atoms with E-state index < -0.39 is 6.61 Å². The Labute approximate surface area is 116 Å². The molecule has 0 fully saturated rings. The highest BCUT2D eigenvalue weighted by atomic mass is 19.3. The Balaban J connectivity index is 2.82. The zero-order valence-electron chi connectivity index (χ0n) is 11.5. The maximum atomic E-state index is 12.2. The average molecular weight is 285 g/mol. The van der Waals surface area contributed by atoms with Crippen molar-refractivity contribution < 1.29 is 23.0 Å². The third kappa shape index (κ3) is 5.26. The van der Waals surface area contributed by atoms with Crippen molar-refractivity contribution in [1.29, 1.82) is 0 Å². The van der Waals surface area contributed by atoms with Crippen molar-refractivity contribution >= 4 is 12.0 Å². The number of hydrogen-bond acceptors (Lipinski definition) is 3. The fourth-order valence-electron chi connectivity index (χ4n) is 1.49. The Bertz CT molecular complexity index is 487. The van der Waals surface area contributed by atoms with Crippen molar-refractivity contribution in [1.82, 2.24) is 5.32 Å². The van der Waals surface area contributed by atoms with Gasteiger partial charge >= 0.3 is 6.61 Å². The second-order valence-electron chi connectivity index (χ2n) is 4.29. The molecule has 0 saturated carbocycles. The molecule has 0 aliphatic heterocycles. The minimum absolute atomic E-state index is 0.0449. The normalized spacial score (nSPS) is 11.2. The van der Waals surface area contributed by atoms with Gasteiger partial charge in [0.2, 0.25) is 5.91 Å². The second-order valence-corrected chi connectivity index (χ2v) is 4.29. The van der Waals surface area contributed by atoms with Gasteiger partial charge in [0, 0.05) is 12.1 Å². The molecule has 0 spiro atoms. The van der Waals surface area contributed by atoms with Gasteiger partial charge in [0.15, 0.2) is 11.5 Å². The predicted octanol–water partition coefficient (Wildman–Crippen LogP) is 2.83. The van der Waals surface area contributed by atoms with Crippen LogP contribution in [0, 0.1) is 0 Å². The van der Waals surface area contributed by atoms with Gasteiger partial charge < -0.3 is 14.8 Å². The zero-order chi connectivity index (χ0) is 15.1. The van der Waals surface area contributed by atoms with E-state index in [4.69, 9.17) is 4.74 Å². The topological polar surface area (TPSA) is 47.6 Å². The lowest BCUT2D eigenvalue weighted by Gasteiger charge is -2.10. The summed E-state index contributed by atoms with van der Waals surface area (Å²) in [6.45, 7) is 0.790. The number of benzene rings is 1. The van der Waals surface area contributed by atoms with Crippen LogP contribution in [0.4, 0.5) is 8.78 Å². The summed E-state index contributed by atoms with van der Waals surface area (Å²) in [6, 6.07) is 4.48. The van der Waals surface area contributed by atoms with Crippen LogP contribution < -0.4 is 14.8 Å². The molecule has 0 aliphatic carbocycles. The molecule has 0 radical (unpaired) electrons. The molecule has 1 amide bonds. The largest absolute Gasteiger partial charge is 0.493 e. The SMILES string of the molecule is COc1cc(/C=C/C(=O)NC(C)C)ccc1OC(F)F. The molecule has 1 aromatic carbocycles. The van der Waals surface area contributed by atoms with Crippen LogP contribution in [0.25, 0.3) is 6.08 Å². The van der Waals surface area contributed by atoms with E-state index in [0.29, 0.717) is 5.56 Å². The highest BCUT2D eigenvalue weighted by Gasteiger charge is 2.10. The lowest BCUT2D eigenvalue weighted by atomic mass is 10.2. The van der Waals surface area contributed by atoms with Crippen LogP contribution in [0.15, 0.2) is 24.3 Å². The monoisotopic (exact) mass is 285 g/mol. The van der Waals surface area contributed by atoms with Crippen molar-refractivity contribution in [2.24, 2.45) is 0 Å². The molecule has 0 saturated heterocycles. The maximum Gasteiger partial charge on any atom is 0.387 e. The summed E-state index contributed by atoms with van der Waals surface area (Å²) in [7, 11) is 1.35. The van der Waals surface area contributed by atoms with E-state index in [1.807, 2.05) is 13.8 Å². The van der Waals surface area contributed by atoms with Crippen molar-refractivity contribution in [3.8, 4) is 11.5 Å². The lowest BCUT2D eigenvalue weighted by Crippen LogP contribution is -2.28. The highest BCUT2D eigenvalue weighted by molar-refractivity contribution is 5.91. The molecule has 0 bridgehead atoms. The van der Waals surface area contributed by atoms with Crippen molar-refractivity contribution in [2.45, 2.75) is 26.5 Å². The Morgan fingerprint density at radius 2 is 2.00 bits per heavy atom. The van der Waals surface area contributed by atoms with Gasteiger partial charge in [0.05, 0.1) is 7.11 Å². The first-order chi connectivity index (χ1) is 9.42. The Morgan fingerprint density at radius 1 is 1.30 bits per heavy atom. The first-order valence-electron chi connectivity index (χ1n) is 6.03. The van der Waals surface area contributed by atoms with Gasteiger partial charge in [-0.25, -0.2) is 0 Å². The van der Waals surface area contributed by atoms with Crippen LogP contribution in [0.5, 0.6) is 11.5 Å². The van der Waals surface area contributed by atoms with E-state index in [0.717, 1.165) is 0 Å². The number of ether oxygens (including phenoxy) is 2. The zero-order valence-corrected chi connectivity index (χ0v) is 11.5. The summed E-state index contributed by atoms with van der Waals surface area (Å²) in [5.74, 6) is -0.102. The quantitative estimate of drug-likeness (QED) is 0.818. The number of hydrogen-bond donors (Lipinski definition) is 1. The molecular formula is C14H17F2NO3. The van der Waals surface area contributed by atoms with Crippen molar-refractivity contribution in [2.75, 3.05) is 7.11 Å². The summed E-state index contributed by atoms with van der Waals surface area (Å²) >= 11 is 0. The third-order valence-corrected chi connectivity index (χ3v) is 2.26. The van der Waals surface area contributed by atoms with Gasteiger partial charge in [0.25, 0.3) is 0 Å². The number of rotatable bonds is 6. The predicted molar refractivity (Wildman–Crippen MR) is 71.9 cm³/mol. The van der Waals surface area contributed by atoms with E-state index in [1.165, 1.54) is 25.3 Å². The summed E-state index contributed by atoms with van der Waals surface area (Å²) < 4.78 is 33.6. The van der Waals surface area contributed by atoms with E-state index >= 15 is 0 Å². The fraction of sp³-hybridized carbons (Fsp3) is 0.357. The third-order valence-electron chi connectivity index (χ3n) is 2.26. The summed E-state index contributed by atoms with van der Waals surface area (Å²) in [5.41, 5.74) is 0.641. The number of carbonyl (C=O) groups is 1. The first-order valence-corrected chi connectivity index (χ1v) is 6.03. The lowest BCUT2D eigenvalue weighted by molar-refractivity contribution is -0.116. The van der Waals surface area contributed by atoms with Gasteiger partial charge in [-0.2, -0.15) is 8.78 Å². The summed E-state index contributed by atoms with van der Waals surface area (Å²) in [4.78, 5) is 11.4. The molecule has 4 nitrogen and oxygen atoms in total. The average Bonchev–Trinajstić information content (AvgIpc) is 2.36. The summed E-state index contributed by atoms with van der Waals surface area (Å²) in [6.07, 6.45) is 2.93. The number of halogens is 2. The molecule has 0 aliphatic rings. The molecule has 0 heterocycles. The second kappa shape index (κ2) is 7.47. The molecule has 0 aromatic heterocycles. The molecule has 1 N–H and O–H groups in total. The van der Waals surface area contributed by atoms with Gasteiger partial charge in [-0.15, -0.1) is 0 Å². The number of carbonyl (C=O) groups excluding carboxylic acids is 1. The summed E-state index contributed by atoms with van der Waals surface area (Å²) in [5, 5.41) is 2.70. The van der Waals surface area contributed by atoms with Crippen LogP contribution in [0.2, 0.25) is 0 Å². The highest BCUT2D eigenvalue weighted by Crippen LogP contribution is 2.29. The molecule has 0 unspecified atom stereocenters. The number of nitrogens with one attached hydrogen (secondary N) is 1. The van der Waals surface area contributed by atoms with Gasteiger partial charge in [-0.1, -0.05) is 6.07 Å². The van der Waals surface area contributed by atoms with Crippen LogP contribution >= 0.6 is 0 Å². The number of methoxy groups -OCH3 is 1. The Morgan fingerprint density at radius 3 is 2.55 bits per heavy atom. The van der Waals surface area contributed by atoms with Gasteiger partial charge in [-0.3, -0.25) is 4.79 Å². The smallest absolute Gasteiger partial charge is 0.387 e. The standard InChI is InChI=1S/C14H17F2NO3/c1-9(2)17-13(18)7-5-10-4-6-11(20-14(15)16)12(8-10)19-3/h4-9,14H,1-3H3,(H,17,18)/b7-5+. The molecular weight excluding hydrogens is 268 g/mol. The van der Waals surface area contributed by atoms with E-state index in [-0.39, 0.29) is 23.4 Å². The van der Waals surface area contributed by atoms with E-state index in [1.54, 1.807) is 12.1 Å². The van der Waals surface area contributed by atoms with Crippen molar-refractivity contribution in [3.05, 3.63) is 29.8 Å². The van der Waals surface area contributed by atoms with E-state index in [2.05, 4.69) is 10.1 Å². The molecule has 110 valence electrons. The maximum absolute atomic E-state index is 12.2. The van der Waals surface area contributed by atoms with Gasteiger partial charge in [0.1, 0.15) is 0 Å². The molecule has 1 rings (SSSR count). The van der Waals surface area contributed by atoms with Crippen LogP contribution in [-0.2, 0) is 4.79 Å². The number of amides is 1. The Kier molecular flexibility index (Phi) is 5.96. The van der Waals surface area contributed by atoms with Crippen LogP contribution in [-0.4, -0.2) is 25.7 Å². The number of alkyl halides is 2. The van der Waals surface area contributed by atoms with Gasteiger partial charge in [-0.05, 0) is 37.6 Å². The van der Waals surface area contributed by atoms with Crippen LogP contribution in [0.1, 0.15) is 19.4 Å². The molecule has 0 atom stereocenters. The molecule has 1 aromatic rings. The van der Waals surface area contributed by atoms with Crippen LogP contribution in [0.3, 0.4) is 0 Å².